The van der Waals surface area contributed by atoms with Crippen molar-refractivity contribution in [3.05, 3.63) is 46.1 Å². The molecule has 1 fully saturated rings. The summed E-state index contributed by atoms with van der Waals surface area (Å²) in [5, 5.41) is 4.31. The Morgan fingerprint density at radius 3 is 2.66 bits per heavy atom. The predicted octanol–water partition coefficient (Wildman–Crippen LogP) is 4.93. The van der Waals surface area contributed by atoms with E-state index in [1.165, 1.54) is 15.8 Å². The minimum Gasteiger partial charge on any atom is -0.352 e. The van der Waals surface area contributed by atoms with Gasteiger partial charge in [0.15, 0.2) is 0 Å². The molecule has 0 aliphatic carbocycles. The van der Waals surface area contributed by atoms with Crippen molar-refractivity contribution in [2.75, 3.05) is 49.5 Å². The summed E-state index contributed by atoms with van der Waals surface area (Å²) in [6, 6.07) is 7.92. The van der Waals surface area contributed by atoms with E-state index in [2.05, 4.69) is 35.9 Å². The van der Waals surface area contributed by atoms with Crippen molar-refractivity contribution >= 4 is 39.1 Å². The van der Waals surface area contributed by atoms with Crippen LogP contribution in [0.2, 0.25) is 0 Å². The van der Waals surface area contributed by atoms with Crippen LogP contribution in [0.3, 0.4) is 0 Å². The van der Waals surface area contributed by atoms with Crippen molar-refractivity contribution in [3.63, 3.8) is 0 Å². The van der Waals surface area contributed by atoms with E-state index in [-0.39, 0.29) is 6.03 Å². The zero-order valence-electron chi connectivity index (χ0n) is 21.3. The highest BCUT2D eigenvalue weighted by molar-refractivity contribution is 7.19. The number of nitrogens with zero attached hydrogens (tertiary/aromatic N) is 5. The smallest absolute Gasteiger partial charge is 0.321 e. The fraction of sp³-hybridized carbons (Fsp3) is 0.519. The van der Waals surface area contributed by atoms with Crippen LogP contribution in [0.25, 0.3) is 10.2 Å². The second-order valence-electron chi connectivity index (χ2n) is 10.1. The van der Waals surface area contributed by atoms with E-state index in [0.717, 1.165) is 73.3 Å². The number of rotatable bonds is 5. The number of hydrogen-bond donors (Lipinski definition) is 1. The second-order valence-corrected chi connectivity index (χ2v) is 11.2. The zero-order chi connectivity index (χ0) is 24.5. The van der Waals surface area contributed by atoms with Crippen LogP contribution in [0.4, 0.5) is 16.3 Å². The SMILES string of the molecule is CCN1CCc2c(sc3nc(CC(C)C)nc(N4CCN(C(=O)Nc5cccc(C)c5)CC4)c23)C1. The Labute approximate surface area is 212 Å². The summed E-state index contributed by atoms with van der Waals surface area (Å²) in [4.78, 5) is 32.4. The molecule has 35 heavy (non-hydrogen) atoms. The highest BCUT2D eigenvalue weighted by atomic mass is 32.1. The molecule has 3 aromatic rings. The van der Waals surface area contributed by atoms with Gasteiger partial charge in [-0.05, 0) is 49.1 Å². The Hall–Kier alpha value is -2.71. The monoisotopic (exact) mass is 492 g/mol. The van der Waals surface area contributed by atoms with Crippen LogP contribution in [0, 0.1) is 12.8 Å². The van der Waals surface area contributed by atoms with Gasteiger partial charge in [0.25, 0.3) is 0 Å². The molecular weight excluding hydrogens is 456 g/mol. The Kier molecular flexibility index (Phi) is 6.93. The first-order valence-electron chi connectivity index (χ1n) is 12.8. The van der Waals surface area contributed by atoms with Crippen LogP contribution in [-0.4, -0.2) is 65.1 Å². The van der Waals surface area contributed by atoms with Crippen LogP contribution in [0.5, 0.6) is 0 Å². The number of carbonyl (C=O) groups is 1. The number of nitrogens with one attached hydrogen (secondary N) is 1. The van der Waals surface area contributed by atoms with Gasteiger partial charge in [-0.1, -0.05) is 32.9 Å². The fourth-order valence-electron chi connectivity index (χ4n) is 5.07. The number of amides is 2. The number of aryl methyl sites for hydroxylation is 1. The Bertz CT molecular complexity index is 1210. The van der Waals surface area contributed by atoms with Crippen LogP contribution in [0.15, 0.2) is 24.3 Å². The van der Waals surface area contributed by atoms with E-state index < -0.39 is 0 Å². The van der Waals surface area contributed by atoms with Gasteiger partial charge < -0.3 is 15.1 Å². The third-order valence-corrected chi connectivity index (χ3v) is 8.09. The number of benzene rings is 1. The van der Waals surface area contributed by atoms with Crippen LogP contribution >= 0.6 is 11.3 Å². The standard InChI is InChI=1S/C27H36N6OS/c1-5-31-10-9-21-22(17-31)35-26-24(21)25(29-23(30-26)15-18(2)3)32-11-13-33(14-12-32)27(34)28-20-8-6-7-19(4)16-20/h6-8,16,18H,5,9-15,17H2,1-4H3,(H,28,34). The molecule has 2 amide bonds. The third kappa shape index (κ3) is 5.14. The van der Waals surface area contributed by atoms with E-state index in [1.807, 2.05) is 47.4 Å². The number of hydrogen-bond acceptors (Lipinski definition) is 6. The second kappa shape index (κ2) is 10.1. The van der Waals surface area contributed by atoms with Crippen molar-refractivity contribution < 1.29 is 4.79 Å². The first-order chi connectivity index (χ1) is 16.9. The lowest BCUT2D eigenvalue weighted by Crippen LogP contribution is -2.50. The molecule has 5 rings (SSSR count). The number of thiophene rings is 1. The van der Waals surface area contributed by atoms with Crippen molar-refractivity contribution in [1.82, 2.24) is 19.8 Å². The quantitative estimate of drug-likeness (QED) is 0.547. The largest absolute Gasteiger partial charge is 0.352 e. The van der Waals surface area contributed by atoms with Gasteiger partial charge in [-0.2, -0.15) is 0 Å². The minimum absolute atomic E-state index is 0.0313. The number of fused-ring (bicyclic) bond motifs is 3. The van der Waals surface area contributed by atoms with Gasteiger partial charge in [-0.15, -0.1) is 11.3 Å². The summed E-state index contributed by atoms with van der Waals surface area (Å²) in [7, 11) is 0. The van der Waals surface area contributed by atoms with E-state index in [1.54, 1.807) is 0 Å². The molecule has 0 saturated carbocycles. The lowest BCUT2D eigenvalue weighted by atomic mass is 10.0. The minimum atomic E-state index is -0.0313. The number of aromatic nitrogens is 2. The summed E-state index contributed by atoms with van der Waals surface area (Å²) >= 11 is 1.85. The number of anilines is 2. The van der Waals surface area contributed by atoms with Crippen LogP contribution < -0.4 is 10.2 Å². The lowest BCUT2D eigenvalue weighted by molar-refractivity contribution is 0.208. The topological polar surface area (TPSA) is 64.6 Å². The molecule has 2 aromatic heterocycles. The first kappa shape index (κ1) is 24.0. The molecule has 7 nitrogen and oxygen atoms in total. The van der Waals surface area contributed by atoms with Crippen LogP contribution in [0.1, 0.15) is 42.6 Å². The molecule has 2 aliphatic heterocycles. The maximum absolute atomic E-state index is 12.9. The maximum Gasteiger partial charge on any atom is 0.321 e. The Morgan fingerprint density at radius 1 is 1.14 bits per heavy atom. The number of piperazine rings is 1. The molecular formula is C27H36N6OS. The van der Waals surface area contributed by atoms with Gasteiger partial charge in [0.1, 0.15) is 16.5 Å². The molecule has 0 unspecified atom stereocenters. The molecule has 0 spiro atoms. The van der Waals surface area contributed by atoms with Gasteiger partial charge in [-0.3, -0.25) is 4.90 Å². The third-order valence-electron chi connectivity index (χ3n) is 6.98. The van der Waals surface area contributed by atoms with Gasteiger partial charge in [0.2, 0.25) is 0 Å². The molecule has 0 bridgehead atoms. The van der Waals surface area contributed by atoms with Gasteiger partial charge in [0.05, 0.1) is 5.39 Å². The van der Waals surface area contributed by atoms with Crippen molar-refractivity contribution in [1.29, 1.82) is 0 Å². The van der Waals surface area contributed by atoms with Crippen molar-refractivity contribution in [3.8, 4) is 0 Å². The van der Waals surface area contributed by atoms with E-state index in [9.17, 15) is 4.79 Å². The highest BCUT2D eigenvalue weighted by Crippen LogP contribution is 2.39. The van der Waals surface area contributed by atoms with Crippen molar-refractivity contribution in [2.45, 2.75) is 47.1 Å². The molecule has 186 valence electrons. The summed E-state index contributed by atoms with van der Waals surface area (Å²) in [6.07, 6.45) is 1.94. The van der Waals surface area contributed by atoms with Crippen LogP contribution in [-0.2, 0) is 19.4 Å². The average Bonchev–Trinajstić information content (AvgIpc) is 3.20. The molecule has 1 aromatic carbocycles. The predicted molar refractivity (Wildman–Crippen MR) is 145 cm³/mol. The summed E-state index contributed by atoms with van der Waals surface area (Å²) < 4.78 is 0. The zero-order valence-corrected chi connectivity index (χ0v) is 22.1. The Morgan fingerprint density at radius 2 is 1.94 bits per heavy atom. The van der Waals surface area contributed by atoms with Gasteiger partial charge >= 0.3 is 6.03 Å². The molecule has 2 aliphatic rings. The molecule has 1 N–H and O–H groups in total. The number of carbonyl (C=O) groups excluding carboxylic acids is 1. The Balaban J connectivity index is 1.38. The molecule has 8 heteroatoms. The summed E-state index contributed by atoms with van der Waals surface area (Å²) in [6.45, 7) is 14.8. The fourth-order valence-corrected chi connectivity index (χ4v) is 6.35. The number of urea groups is 1. The number of likely N-dealkylation sites (N-methyl/N-ethyl adjacent to an activating group) is 1. The summed E-state index contributed by atoms with van der Waals surface area (Å²) in [5.74, 6) is 2.52. The van der Waals surface area contributed by atoms with Gasteiger partial charge in [0, 0.05) is 56.3 Å². The molecule has 0 atom stereocenters. The van der Waals surface area contributed by atoms with E-state index >= 15 is 0 Å². The normalized spacial score (nSPS) is 16.7. The van der Waals surface area contributed by atoms with Crippen molar-refractivity contribution in [2.24, 2.45) is 5.92 Å². The van der Waals surface area contributed by atoms with E-state index in [4.69, 9.17) is 9.97 Å². The average molecular weight is 493 g/mol. The van der Waals surface area contributed by atoms with Gasteiger partial charge in [-0.25, -0.2) is 14.8 Å². The molecule has 1 saturated heterocycles. The highest BCUT2D eigenvalue weighted by Gasteiger charge is 2.28. The molecule has 4 heterocycles. The summed E-state index contributed by atoms with van der Waals surface area (Å²) in [5.41, 5.74) is 3.43. The maximum atomic E-state index is 12.9. The van der Waals surface area contributed by atoms with E-state index in [0.29, 0.717) is 19.0 Å². The lowest BCUT2D eigenvalue weighted by Gasteiger charge is -2.36. The first-order valence-corrected chi connectivity index (χ1v) is 13.6. The molecule has 0 radical (unpaired) electrons.